The van der Waals surface area contributed by atoms with Gasteiger partial charge in [0.25, 0.3) is 9.13 Å². The van der Waals surface area contributed by atoms with E-state index in [4.69, 9.17) is 0 Å². The van der Waals surface area contributed by atoms with Gasteiger partial charge in [-0.1, -0.05) is 39.0 Å². The quantitative estimate of drug-likeness (QED) is 0.595. The number of rotatable bonds is 3. The number of nitrogens with one attached hydrogen (secondary N) is 1. The third-order valence-electron chi connectivity index (χ3n) is 2.04. The molecule has 0 aromatic heterocycles. The standard InChI is InChI=1S/C11H17FNSi/c1-11(2,3)14(12)9-13-10-7-5-4-6-8-10/h4-8,13H,9H2,1-3H3. The second-order valence-corrected chi connectivity index (χ2v) is 7.04. The zero-order valence-electron chi connectivity index (χ0n) is 8.97. The highest BCUT2D eigenvalue weighted by atomic mass is 28.3. The van der Waals surface area contributed by atoms with E-state index in [-0.39, 0.29) is 5.04 Å². The molecule has 0 aliphatic carbocycles. The van der Waals surface area contributed by atoms with Gasteiger partial charge in [-0.25, -0.2) is 0 Å². The molecule has 0 bridgehead atoms. The van der Waals surface area contributed by atoms with Crippen molar-refractivity contribution < 1.29 is 4.11 Å². The average Bonchev–Trinajstić information content (AvgIpc) is 2.14. The fourth-order valence-electron chi connectivity index (χ4n) is 1.00. The van der Waals surface area contributed by atoms with Crippen LogP contribution in [0.4, 0.5) is 9.80 Å². The highest BCUT2D eigenvalue weighted by molar-refractivity contribution is 6.55. The summed E-state index contributed by atoms with van der Waals surface area (Å²) in [6.07, 6.45) is 0.470. The normalized spacial score (nSPS) is 11.8. The lowest BCUT2D eigenvalue weighted by Gasteiger charge is -2.21. The van der Waals surface area contributed by atoms with Crippen LogP contribution in [0.1, 0.15) is 20.8 Å². The predicted molar refractivity (Wildman–Crippen MR) is 61.5 cm³/mol. The van der Waals surface area contributed by atoms with E-state index in [1.165, 1.54) is 0 Å². The maximum atomic E-state index is 13.6. The van der Waals surface area contributed by atoms with Crippen LogP contribution in [0.3, 0.4) is 0 Å². The summed E-state index contributed by atoms with van der Waals surface area (Å²) < 4.78 is 13.6. The Hall–Kier alpha value is -0.833. The van der Waals surface area contributed by atoms with Crippen molar-refractivity contribution in [1.82, 2.24) is 0 Å². The van der Waals surface area contributed by atoms with Gasteiger partial charge in [0.1, 0.15) is 0 Å². The van der Waals surface area contributed by atoms with E-state index in [0.29, 0.717) is 6.17 Å². The molecular formula is C11H17FNSi. The van der Waals surface area contributed by atoms with Gasteiger partial charge in [-0.05, 0) is 17.2 Å². The lowest BCUT2D eigenvalue weighted by Crippen LogP contribution is -2.29. The number of benzene rings is 1. The van der Waals surface area contributed by atoms with Crippen LogP contribution in [0.25, 0.3) is 0 Å². The van der Waals surface area contributed by atoms with Crippen molar-refractivity contribution in [3.8, 4) is 0 Å². The van der Waals surface area contributed by atoms with Crippen molar-refractivity contribution in [1.29, 1.82) is 0 Å². The van der Waals surface area contributed by atoms with Crippen LogP contribution in [0.5, 0.6) is 0 Å². The molecule has 1 aromatic carbocycles. The molecule has 0 heterocycles. The van der Waals surface area contributed by atoms with Crippen LogP contribution in [-0.2, 0) is 0 Å². The molecule has 0 aliphatic rings. The van der Waals surface area contributed by atoms with Gasteiger partial charge in [-0.3, -0.25) is 0 Å². The second-order valence-electron chi connectivity index (χ2n) is 4.37. The maximum absolute atomic E-state index is 13.6. The van der Waals surface area contributed by atoms with Crippen LogP contribution in [0.15, 0.2) is 30.3 Å². The summed E-state index contributed by atoms with van der Waals surface area (Å²) in [6, 6.07) is 9.76. The predicted octanol–water partition coefficient (Wildman–Crippen LogP) is 3.40. The highest BCUT2D eigenvalue weighted by Crippen LogP contribution is 2.27. The molecule has 0 fully saturated rings. The lowest BCUT2D eigenvalue weighted by molar-refractivity contribution is 0.647. The van der Waals surface area contributed by atoms with Gasteiger partial charge in [0.05, 0.1) is 0 Å². The van der Waals surface area contributed by atoms with Crippen LogP contribution in [-0.4, -0.2) is 15.3 Å². The molecule has 77 valence electrons. The van der Waals surface area contributed by atoms with Crippen LogP contribution in [0.2, 0.25) is 5.04 Å². The van der Waals surface area contributed by atoms with E-state index in [1.54, 1.807) is 0 Å². The van der Waals surface area contributed by atoms with E-state index >= 15 is 0 Å². The van der Waals surface area contributed by atoms with Gasteiger partial charge in [0, 0.05) is 11.9 Å². The Labute approximate surface area is 87.1 Å². The largest absolute Gasteiger partial charge is 0.385 e. The molecule has 0 aliphatic heterocycles. The molecule has 0 unspecified atom stereocenters. The first-order valence-electron chi connectivity index (χ1n) is 4.81. The molecule has 1 aromatic rings. The van der Waals surface area contributed by atoms with E-state index in [9.17, 15) is 4.11 Å². The number of hydrogen-bond donors (Lipinski definition) is 1. The Morgan fingerprint density at radius 1 is 1.21 bits per heavy atom. The zero-order chi connectivity index (χ0) is 10.6. The van der Waals surface area contributed by atoms with Crippen LogP contribution >= 0.6 is 0 Å². The Bertz CT molecular complexity index is 268. The number of hydrogen-bond acceptors (Lipinski definition) is 1. The van der Waals surface area contributed by atoms with Crippen LogP contribution in [0, 0.1) is 0 Å². The average molecular weight is 210 g/mol. The molecule has 0 saturated heterocycles. The van der Waals surface area contributed by atoms with Gasteiger partial charge in [-0.15, -0.1) is 0 Å². The maximum Gasteiger partial charge on any atom is 0.296 e. The van der Waals surface area contributed by atoms with E-state index in [1.807, 2.05) is 51.1 Å². The minimum Gasteiger partial charge on any atom is -0.385 e. The summed E-state index contributed by atoms with van der Waals surface area (Å²) in [7, 11) is -1.81. The summed E-state index contributed by atoms with van der Waals surface area (Å²) >= 11 is 0. The van der Waals surface area contributed by atoms with Crippen LogP contribution < -0.4 is 5.32 Å². The fourth-order valence-corrected chi connectivity index (χ4v) is 1.89. The van der Waals surface area contributed by atoms with Crippen molar-refractivity contribution in [3.05, 3.63) is 30.3 Å². The van der Waals surface area contributed by atoms with Crippen molar-refractivity contribution in [2.24, 2.45) is 0 Å². The van der Waals surface area contributed by atoms with Gasteiger partial charge in [0.2, 0.25) is 0 Å². The summed E-state index contributed by atoms with van der Waals surface area (Å²) in [4.78, 5) is 0. The molecule has 14 heavy (non-hydrogen) atoms. The van der Waals surface area contributed by atoms with Gasteiger partial charge < -0.3 is 9.42 Å². The lowest BCUT2D eigenvalue weighted by atomic mass is 10.3. The molecular weight excluding hydrogens is 193 g/mol. The second kappa shape index (κ2) is 4.60. The zero-order valence-corrected chi connectivity index (χ0v) is 9.97. The molecule has 0 saturated carbocycles. The van der Waals surface area contributed by atoms with E-state index in [2.05, 4.69) is 5.32 Å². The topological polar surface area (TPSA) is 12.0 Å². The molecule has 0 atom stereocenters. The van der Waals surface area contributed by atoms with Gasteiger partial charge in [-0.2, -0.15) is 0 Å². The van der Waals surface area contributed by atoms with Crippen molar-refractivity contribution in [2.45, 2.75) is 25.8 Å². The van der Waals surface area contributed by atoms with Crippen molar-refractivity contribution >= 4 is 14.8 Å². The first-order chi connectivity index (χ1) is 6.50. The Balaban J connectivity index is 2.42. The SMILES string of the molecule is CC(C)(C)[Si](F)CNc1ccccc1. The third-order valence-corrected chi connectivity index (χ3v) is 4.15. The summed E-state index contributed by atoms with van der Waals surface area (Å²) in [5.41, 5.74) is 0.997. The molecule has 0 spiro atoms. The molecule has 1 radical (unpaired) electrons. The molecule has 0 amide bonds. The highest BCUT2D eigenvalue weighted by Gasteiger charge is 2.27. The van der Waals surface area contributed by atoms with E-state index < -0.39 is 9.13 Å². The minimum absolute atomic E-state index is 0.188. The minimum atomic E-state index is -1.81. The van der Waals surface area contributed by atoms with Crippen molar-refractivity contribution in [3.63, 3.8) is 0 Å². The number of halogens is 1. The first-order valence-corrected chi connectivity index (χ1v) is 6.39. The first kappa shape index (κ1) is 11.2. The third kappa shape index (κ3) is 3.50. The molecule has 1 rings (SSSR count). The number of anilines is 1. The Kier molecular flexibility index (Phi) is 3.69. The Morgan fingerprint density at radius 2 is 1.79 bits per heavy atom. The van der Waals surface area contributed by atoms with E-state index in [0.717, 1.165) is 5.69 Å². The molecule has 3 heteroatoms. The molecule has 1 nitrogen and oxygen atoms in total. The monoisotopic (exact) mass is 210 g/mol. The summed E-state index contributed by atoms with van der Waals surface area (Å²) in [6.45, 7) is 5.86. The fraction of sp³-hybridized carbons (Fsp3) is 0.455. The summed E-state index contributed by atoms with van der Waals surface area (Å²) in [5.74, 6) is 0. The molecule has 1 N–H and O–H groups in total. The van der Waals surface area contributed by atoms with Gasteiger partial charge in [0.15, 0.2) is 0 Å². The smallest absolute Gasteiger partial charge is 0.296 e. The Morgan fingerprint density at radius 3 is 2.29 bits per heavy atom. The number of para-hydroxylation sites is 1. The van der Waals surface area contributed by atoms with Crippen molar-refractivity contribution in [2.75, 3.05) is 11.5 Å². The summed E-state index contributed by atoms with van der Waals surface area (Å²) in [5, 5.41) is 2.93. The van der Waals surface area contributed by atoms with Gasteiger partial charge >= 0.3 is 0 Å².